The summed E-state index contributed by atoms with van der Waals surface area (Å²) in [5.74, 6) is 0. The molecule has 1 atom stereocenters. The van der Waals surface area contributed by atoms with Crippen molar-refractivity contribution < 1.29 is 21.4 Å². The molecule has 0 amide bonds. The fourth-order valence-corrected chi connectivity index (χ4v) is 0.647. The first-order valence-electron chi connectivity index (χ1n) is 2.61. The minimum absolute atomic E-state index is 0.0247. The summed E-state index contributed by atoms with van der Waals surface area (Å²) in [5.41, 5.74) is 0. The Morgan fingerprint density at radius 3 is 2.50 bits per heavy atom. The highest BCUT2D eigenvalue weighted by Gasteiger charge is 1.98. The van der Waals surface area contributed by atoms with E-state index < -0.39 is 24.9 Å². The fourth-order valence-electron chi connectivity index (χ4n) is 0.252. The number of rotatable bonds is 6. The van der Waals surface area contributed by atoms with Gasteiger partial charge >= 0.3 is 11.4 Å². The first kappa shape index (κ1) is 9.93. The predicted molar refractivity (Wildman–Crippen MR) is 31.7 cm³/mol. The molecular weight excluding hydrogens is 166 g/mol. The second-order valence-electron chi connectivity index (χ2n) is 1.30. The van der Waals surface area contributed by atoms with Crippen molar-refractivity contribution in [3.8, 4) is 0 Å². The lowest BCUT2D eigenvalue weighted by atomic mass is 10.5. The molecule has 0 rings (SSSR count). The Hall–Kier alpha value is -0.0700. The van der Waals surface area contributed by atoms with Crippen molar-refractivity contribution >= 4 is 11.4 Å². The number of hydrogen-bond donors (Lipinski definition) is 0. The molecule has 0 heterocycles. The Morgan fingerprint density at radius 2 is 2.00 bits per heavy atom. The monoisotopic (exact) mass is 174 g/mol. The molecular formula is C4H8F2O3S. The van der Waals surface area contributed by atoms with Gasteiger partial charge in [-0.15, -0.1) is 0 Å². The van der Waals surface area contributed by atoms with Gasteiger partial charge in [-0.1, -0.05) is 0 Å². The van der Waals surface area contributed by atoms with E-state index in [1.807, 2.05) is 0 Å². The van der Waals surface area contributed by atoms with Gasteiger partial charge in [0.05, 0.1) is 13.3 Å². The Balaban J connectivity index is 3.05. The molecule has 0 saturated carbocycles. The minimum atomic E-state index is -2.06. The van der Waals surface area contributed by atoms with Gasteiger partial charge in [0.2, 0.25) is 6.86 Å². The van der Waals surface area contributed by atoms with E-state index in [4.69, 9.17) is 0 Å². The summed E-state index contributed by atoms with van der Waals surface area (Å²) in [6.07, 6.45) is 0.140. The summed E-state index contributed by atoms with van der Waals surface area (Å²) in [6.45, 7) is -1.74. The van der Waals surface area contributed by atoms with Crippen LogP contribution in [0, 0.1) is 0 Å². The van der Waals surface area contributed by atoms with Gasteiger partial charge in [0.15, 0.2) is 0 Å². The Morgan fingerprint density at radius 1 is 1.30 bits per heavy atom. The van der Waals surface area contributed by atoms with E-state index in [0.717, 1.165) is 0 Å². The van der Waals surface area contributed by atoms with Crippen LogP contribution < -0.4 is 0 Å². The maximum atomic E-state index is 11.3. The maximum absolute atomic E-state index is 11.3. The predicted octanol–water partition coefficient (Wildman–Crippen LogP) is 0.885. The third-order valence-corrected chi connectivity index (χ3v) is 1.24. The fraction of sp³-hybridized carbons (Fsp3) is 1.00. The molecule has 0 radical (unpaired) electrons. The second-order valence-corrected chi connectivity index (χ2v) is 2.18. The van der Waals surface area contributed by atoms with E-state index in [1.165, 1.54) is 0 Å². The zero-order valence-corrected chi connectivity index (χ0v) is 6.03. The lowest BCUT2D eigenvalue weighted by Gasteiger charge is -1.97. The number of hydrogen-bond acceptors (Lipinski definition) is 3. The Bertz CT molecular complexity index is 101. The topological polar surface area (TPSA) is 35.5 Å². The lowest BCUT2D eigenvalue weighted by Crippen LogP contribution is -2.02. The molecule has 0 saturated heterocycles. The van der Waals surface area contributed by atoms with Crippen LogP contribution in [0.2, 0.25) is 0 Å². The van der Waals surface area contributed by atoms with Gasteiger partial charge < -0.3 is 0 Å². The summed E-state index contributed by atoms with van der Waals surface area (Å²) in [7, 11) is 0. The van der Waals surface area contributed by atoms with Crippen LogP contribution in [-0.4, -0.2) is 24.4 Å². The summed E-state index contributed by atoms with van der Waals surface area (Å²) in [4.78, 5) is 0. The summed E-state index contributed by atoms with van der Waals surface area (Å²) in [5, 5.41) is 0. The molecule has 6 heteroatoms. The molecule has 0 fully saturated rings. The molecule has 3 nitrogen and oxygen atoms in total. The average molecular weight is 174 g/mol. The van der Waals surface area contributed by atoms with Gasteiger partial charge in [-0.25, -0.2) is 8.57 Å². The van der Waals surface area contributed by atoms with Crippen molar-refractivity contribution in [2.24, 2.45) is 0 Å². The minimum Gasteiger partial charge on any atom is -0.268 e. The SMILES string of the molecule is O=S(OCF)OCCCF. The van der Waals surface area contributed by atoms with E-state index in [1.54, 1.807) is 0 Å². The standard InChI is InChI=1S/C4H8F2O3S/c5-2-1-3-8-10(7)9-4-6/h1-4H2. The van der Waals surface area contributed by atoms with Crippen LogP contribution in [-0.2, 0) is 19.7 Å². The van der Waals surface area contributed by atoms with Crippen molar-refractivity contribution in [2.75, 3.05) is 20.1 Å². The maximum Gasteiger partial charge on any atom is 0.307 e. The van der Waals surface area contributed by atoms with Crippen LogP contribution >= 0.6 is 0 Å². The molecule has 0 bridgehead atoms. The Labute approximate surface area is 60.2 Å². The van der Waals surface area contributed by atoms with Crippen LogP contribution in [0.3, 0.4) is 0 Å². The van der Waals surface area contributed by atoms with E-state index >= 15 is 0 Å². The molecule has 0 aliphatic carbocycles. The quantitative estimate of drug-likeness (QED) is 0.561. The molecule has 10 heavy (non-hydrogen) atoms. The summed E-state index contributed by atoms with van der Waals surface area (Å²) >= 11 is -2.06. The van der Waals surface area contributed by atoms with Crippen molar-refractivity contribution in [1.29, 1.82) is 0 Å². The van der Waals surface area contributed by atoms with Gasteiger partial charge in [-0.05, 0) is 0 Å². The largest absolute Gasteiger partial charge is 0.307 e. The Kier molecular flexibility index (Phi) is 6.99. The first-order chi connectivity index (χ1) is 4.81. The molecule has 0 aromatic carbocycles. The van der Waals surface area contributed by atoms with Gasteiger partial charge in [0.25, 0.3) is 0 Å². The molecule has 0 aromatic heterocycles. The zero-order chi connectivity index (χ0) is 7.82. The lowest BCUT2D eigenvalue weighted by molar-refractivity contribution is 0.172. The van der Waals surface area contributed by atoms with E-state index in [9.17, 15) is 13.0 Å². The third kappa shape index (κ3) is 6.06. The highest BCUT2D eigenvalue weighted by molar-refractivity contribution is 7.75. The van der Waals surface area contributed by atoms with Gasteiger partial charge in [-0.3, -0.25) is 8.57 Å². The molecule has 0 aromatic rings. The van der Waals surface area contributed by atoms with Crippen LogP contribution in [0.4, 0.5) is 8.78 Å². The second kappa shape index (κ2) is 7.04. The van der Waals surface area contributed by atoms with Crippen molar-refractivity contribution in [3.05, 3.63) is 0 Å². The van der Waals surface area contributed by atoms with Gasteiger partial charge in [0, 0.05) is 6.42 Å². The van der Waals surface area contributed by atoms with E-state index in [2.05, 4.69) is 8.37 Å². The summed E-state index contributed by atoms with van der Waals surface area (Å²) < 4.78 is 40.9. The highest BCUT2D eigenvalue weighted by atomic mass is 32.2. The van der Waals surface area contributed by atoms with E-state index in [0.29, 0.717) is 0 Å². The van der Waals surface area contributed by atoms with Crippen molar-refractivity contribution in [1.82, 2.24) is 0 Å². The van der Waals surface area contributed by atoms with Gasteiger partial charge in [0.1, 0.15) is 0 Å². The van der Waals surface area contributed by atoms with Crippen molar-refractivity contribution in [3.63, 3.8) is 0 Å². The number of alkyl halides is 2. The zero-order valence-electron chi connectivity index (χ0n) is 5.22. The first-order valence-corrected chi connectivity index (χ1v) is 3.61. The van der Waals surface area contributed by atoms with Crippen molar-refractivity contribution in [2.45, 2.75) is 6.42 Å². The summed E-state index contributed by atoms with van der Waals surface area (Å²) in [6, 6.07) is 0. The molecule has 0 aliphatic heterocycles. The molecule has 0 aliphatic rings. The molecule has 62 valence electrons. The number of halogens is 2. The van der Waals surface area contributed by atoms with Gasteiger partial charge in [-0.2, -0.15) is 4.21 Å². The van der Waals surface area contributed by atoms with Crippen LogP contribution in [0.1, 0.15) is 6.42 Å². The molecule has 0 N–H and O–H groups in total. The van der Waals surface area contributed by atoms with Crippen LogP contribution in [0.15, 0.2) is 0 Å². The molecule has 0 spiro atoms. The molecule has 1 unspecified atom stereocenters. The average Bonchev–Trinajstić information content (AvgIpc) is 1.89. The normalized spacial score (nSPS) is 13.4. The van der Waals surface area contributed by atoms with Crippen LogP contribution in [0.25, 0.3) is 0 Å². The smallest absolute Gasteiger partial charge is 0.268 e. The van der Waals surface area contributed by atoms with Crippen LogP contribution in [0.5, 0.6) is 0 Å². The highest BCUT2D eigenvalue weighted by Crippen LogP contribution is 1.91. The third-order valence-electron chi connectivity index (χ3n) is 0.598. The van der Waals surface area contributed by atoms with E-state index in [-0.39, 0.29) is 13.0 Å².